The van der Waals surface area contributed by atoms with Crippen molar-refractivity contribution >= 4 is 23.6 Å². The number of aliphatic hydroxyl groups is 22. The highest BCUT2D eigenvalue weighted by atomic mass is 16.8. The maximum Gasteiger partial charge on any atom is 0.217 e. The molecule has 0 spiro atoms. The van der Waals surface area contributed by atoms with Crippen LogP contribution >= 0.6 is 0 Å². The van der Waals surface area contributed by atoms with Crippen molar-refractivity contribution < 1.29 is 203 Å². The van der Waals surface area contributed by atoms with E-state index < -0.39 is 322 Å². The lowest BCUT2D eigenvalue weighted by Gasteiger charge is -2.51. The third kappa shape index (κ3) is 18.5. The summed E-state index contributed by atoms with van der Waals surface area (Å²) in [5.41, 5.74) is 0. The number of amides is 4. The molecule has 8 aliphatic heterocycles. The lowest BCUT2D eigenvalue weighted by molar-refractivity contribution is -0.388. The zero-order valence-electron chi connectivity index (χ0n) is 54.3. The Morgan fingerprint density at radius 1 is 0.257 bits per heavy atom. The van der Waals surface area contributed by atoms with Crippen LogP contribution in [-0.4, -0.2) is 434 Å². The number of rotatable bonds is 26. The molecule has 40 atom stereocenters. The summed E-state index contributed by atoms with van der Waals surface area (Å²) in [6.07, 6.45) is -73.4. The highest BCUT2D eigenvalue weighted by molar-refractivity contribution is 5.74. The molecule has 8 fully saturated rings. The van der Waals surface area contributed by atoms with Gasteiger partial charge in [0.2, 0.25) is 23.6 Å². The minimum Gasteiger partial charge on any atom is -0.394 e. The highest BCUT2D eigenvalue weighted by Crippen LogP contribution is 2.39. The second-order valence-electron chi connectivity index (χ2n) is 25.4. The van der Waals surface area contributed by atoms with Gasteiger partial charge >= 0.3 is 0 Å². The fourth-order valence-electron chi connectivity index (χ4n) is 13.0. The second-order valence-corrected chi connectivity index (χ2v) is 25.4. The summed E-state index contributed by atoms with van der Waals surface area (Å²) in [5, 5.41) is 252. The molecule has 0 radical (unpaired) electrons. The van der Waals surface area contributed by atoms with Crippen LogP contribution in [0.1, 0.15) is 27.7 Å². The predicted octanol–water partition coefficient (Wildman–Crippen LogP) is -17.9. The first kappa shape index (κ1) is 83.0. The SMILES string of the molecule is CC(=O)N[C@H]1[C@@H](O[C@H]2[C@@H](O)[C@@H](CO)O[C@@H](O[C@H]3[C@H](O)[C@@H](CO)O[C@@H](O[C@H]4[C@@H](O)[C@@H](CO[C@@H]5O[C@H](CO)[C@@H](O)[C@H](O)[C@H]5NC(C)=O)O[C@@H](O[C@H]5[C@H](O)[C@@H](CO)O[C@@H](O[C@H]6[C@@H](O)[C@@H](CO)O[C@@H](O[C@H]7[C@H](O)[C@@H](O)[C@H](O)O[C@@H]7CO)[C@@H]6O)[C@@H]5NC(C)=O)[C@@H]4O)[C@@H]3NC(C)=O)[C@@H]2O)O[C@H](CO)[C@H](O)[C@@H]1O. The molecule has 0 saturated carbocycles. The largest absolute Gasteiger partial charge is 0.394 e. The van der Waals surface area contributed by atoms with Crippen LogP contribution in [-0.2, 0) is 90.2 Å². The number of ether oxygens (including phenoxy) is 15. The maximum atomic E-state index is 13.3. The summed E-state index contributed by atoms with van der Waals surface area (Å²) in [7, 11) is 0. The van der Waals surface area contributed by atoms with E-state index in [1.807, 2.05) is 0 Å². The Morgan fingerprint density at radius 2 is 0.515 bits per heavy atom. The van der Waals surface area contributed by atoms with Crippen molar-refractivity contribution in [3.8, 4) is 0 Å². The van der Waals surface area contributed by atoms with Gasteiger partial charge in [0.05, 0.1) is 52.9 Å². The van der Waals surface area contributed by atoms with Gasteiger partial charge < -0.3 is 205 Å². The molecule has 0 bridgehead atoms. The quantitative estimate of drug-likeness (QED) is 0.0382. The Morgan fingerprint density at radius 3 is 0.861 bits per heavy atom. The molecule has 45 nitrogen and oxygen atoms in total. The van der Waals surface area contributed by atoms with E-state index in [4.69, 9.17) is 71.1 Å². The smallest absolute Gasteiger partial charge is 0.217 e. The normalized spacial score (nSPS) is 48.3. The number of hydrogen-bond acceptors (Lipinski definition) is 41. The van der Waals surface area contributed by atoms with E-state index in [9.17, 15) is 132 Å². The highest BCUT2D eigenvalue weighted by Gasteiger charge is 2.60. The van der Waals surface area contributed by atoms with Gasteiger partial charge in [0, 0.05) is 27.7 Å². The summed E-state index contributed by atoms with van der Waals surface area (Å²) < 4.78 is 88.1. The average Bonchev–Trinajstić information content (AvgIpc) is 0.773. The number of carbonyl (C=O) groups is 4. The van der Waals surface area contributed by atoms with E-state index in [1.54, 1.807) is 0 Å². The minimum absolute atomic E-state index is 0.809. The van der Waals surface area contributed by atoms with Crippen molar-refractivity contribution in [2.75, 3.05) is 52.9 Å². The zero-order valence-corrected chi connectivity index (χ0v) is 54.3. The molecule has 0 aromatic heterocycles. The van der Waals surface area contributed by atoms with Crippen LogP contribution in [0.5, 0.6) is 0 Å². The molecule has 8 saturated heterocycles. The molecule has 26 N–H and O–H groups in total. The Kier molecular flexibility index (Phi) is 29.9. The van der Waals surface area contributed by atoms with Crippen LogP contribution in [0.2, 0.25) is 0 Å². The van der Waals surface area contributed by atoms with E-state index in [0.717, 1.165) is 27.7 Å². The van der Waals surface area contributed by atoms with Crippen molar-refractivity contribution in [3.63, 3.8) is 0 Å². The van der Waals surface area contributed by atoms with Crippen LogP contribution < -0.4 is 21.3 Å². The van der Waals surface area contributed by atoms with Crippen molar-refractivity contribution in [3.05, 3.63) is 0 Å². The van der Waals surface area contributed by atoms with Gasteiger partial charge in [-0.25, -0.2) is 0 Å². The van der Waals surface area contributed by atoms with Gasteiger partial charge in [-0.2, -0.15) is 0 Å². The van der Waals surface area contributed by atoms with Gasteiger partial charge in [-0.05, 0) is 0 Å². The van der Waals surface area contributed by atoms with E-state index in [-0.39, 0.29) is 0 Å². The molecule has 45 heteroatoms. The van der Waals surface area contributed by atoms with Crippen LogP contribution in [0.25, 0.3) is 0 Å². The van der Waals surface area contributed by atoms with Gasteiger partial charge in [0.1, 0.15) is 195 Å². The third-order valence-corrected chi connectivity index (χ3v) is 18.2. The van der Waals surface area contributed by atoms with Gasteiger partial charge in [0.15, 0.2) is 50.3 Å². The van der Waals surface area contributed by atoms with E-state index in [2.05, 4.69) is 21.3 Å². The van der Waals surface area contributed by atoms with E-state index in [0.29, 0.717) is 0 Å². The molecular formula is C56H94N4O41. The third-order valence-electron chi connectivity index (χ3n) is 18.2. The van der Waals surface area contributed by atoms with Gasteiger partial charge in [-0.15, -0.1) is 0 Å². The Bertz CT molecular complexity index is 2640. The van der Waals surface area contributed by atoms with Crippen LogP contribution in [0, 0.1) is 0 Å². The predicted molar refractivity (Wildman–Crippen MR) is 311 cm³/mol. The maximum absolute atomic E-state index is 13.3. The molecule has 584 valence electrons. The Balaban J connectivity index is 1.13. The fraction of sp³-hybridized carbons (Fsp3) is 0.929. The van der Waals surface area contributed by atoms with Crippen molar-refractivity contribution in [1.29, 1.82) is 0 Å². The number of aliphatic hydroxyl groups excluding tert-OH is 22. The fourth-order valence-corrected chi connectivity index (χ4v) is 13.0. The first-order valence-corrected chi connectivity index (χ1v) is 32.1. The molecule has 0 aromatic rings. The van der Waals surface area contributed by atoms with Crippen molar-refractivity contribution in [2.45, 2.75) is 273 Å². The van der Waals surface area contributed by atoms with Crippen LogP contribution in [0.3, 0.4) is 0 Å². The standard InChI is InChI=1S/C56H94N4O41/c1-13(68)57-25-36(79)29(72)17(5-61)89-50(25)87-12-24-35(78)48(101-53-27(59-15(3)70)44(31(74)19(7-63)92-53)97-55-41(84)46(33(76)22(10-66)94-55)99-51-26(58-14(2)69)37(80)30(73)18(6-62)90-51)42(85)56(95-24)98-45-28(60-16(4)71)52(91-20(8-64)32(45)75)100-47-34(77)21(9-65)93-54(40(47)83)96-43-23(11-67)88-49(86)39(82)38(43)81/h17-56,61-67,72-86H,5-12H2,1-4H3,(H,57,68)(H,58,69)(H,59,70)(H,60,71)/t17-,18-,19-,20-,21-,22-,23-,24-,25-,26-,27-,28-,29-,30+,31-,32-,33+,34+,35+,36-,37-,38-,39-,40-,41-,42-,43-,44-,45-,46+,47+,48+,49-,50-,51-,52+,53+,54+,55+,56+/m1/s1. The summed E-state index contributed by atoms with van der Waals surface area (Å²) >= 11 is 0. The number of carbonyl (C=O) groups excluding carboxylic acids is 4. The van der Waals surface area contributed by atoms with E-state index >= 15 is 0 Å². The first-order chi connectivity index (χ1) is 47.8. The molecule has 101 heavy (non-hydrogen) atoms. The van der Waals surface area contributed by atoms with Gasteiger partial charge in [-0.1, -0.05) is 0 Å². The monoisotopic (exact) mass is 1480 g/mol. The molecule has 4 amide bonds. The molecule has 0 aromatic carbocycles. The summed E-state index contributed by atoms with van der Waals surface area (Å²) in [5.74, 6) is -3.60. The average molecular weight is 1480 g/mol. The first-order valence-electron chi connectivity index (χ1n) is 32.1. The second kappa shape index (κ2) is 36.3. The number of nitrogens with one attached hydrogen (secondary N) is 4. The lowest BCUT2D eigenvalue weighted by Crippen LogP contribution is -2.71. The summed E-state index contributed by atoms with van der Waals surface area (Å²) in [6, 6.07) is -7.33. The van der Waals surface area contributed by atoms with Gasteiger partial charge in [0.25, 0.3) is 0 Å². The van der Waals surface area contributed by atoms with Crippen LogP contribution in [0.15, 0.2) is 0 Å². The lowest BCUT2D eigenvalue weighted by atomic mass is 9.93. The molecular weight excluding hydrogens is 1380 g/mol. The van der Waals surface area contributed by atoms with Gasteiger partial charge in [-0.3, -0.25) is 19.2 Å². The van der Waals surface area contributed by atoms with Crippen LogP contribution in [0.4, 0.5) is 0 Å². The molecule has 8 rings (SSSR count). The summed E-state index contributed by atoms with van der Waals surface area (Å²) in [4.78, 5) is 51.2. The zero-order chi connectivity index (χ0) is 74.5. The molecule has 0 aliphatic carbocycles. The van der Waals surface area contributed by atoms with E-state index in [1.165, 1.54) is 0 Å². The topological polar surface area (TPSA) is 700 Å². The molecule has 8 heterocycles. The Hall–Kier alpha value is -3.60. The number of hydrogen-bond donors (Lipinski definition) is 26. The van der Waals surface area contributed by atoms with Crippen molar-refractivity contribution in [2.24, 2.45) is 0 Å². The van der Waals surface area contributed by atoms with Crippen molar-refractivity contribution in [1.82, 2.24) is 21.3 Å². The molecule has 8 aliphatic rings. The Labute approximate surface area is 572 Å². The molecule has 0 unspecified atom stereocenters. The summed E-state index contributed by atoms with van der Waals surface area (Å²) in [6.45, 7) is -4.51. The minimum atomic E-state index is -2.51.